The molecule has 1 aromatic carbocycles. The van der Waals surface area contributed by atoms with Crippen LogP contribution in [-0.2, 0) is 10.9 Å². The molecule has 5 heteroatoms. The third-order valence-corrected chi connectivity index (χ3v) is 3.76. The maximum absolute atomic E-state index is 13.2. The Balaban J connectivity index is 3.36. The molecule has 0 bridgehead atoms. The summed E-state index contributed by atoms with van der Waals surface area (Å²) in [5.41, 5.74) is -1.08. The van der Waals surface area contributed by atoms with E-state index in [1.165, 1.54) is 19.2 Å². The smallest absolute Gasteiger partial charge is 0.377 e. The molecule has 0 aromatic heterocycles. The van der Waals surface area contributed by atoms with E-state index in [-0.39, 0.29) is 5.56 Å². The van der Waals surface area contributed by atoms with Crippen molar-refractivity contribution in [2.75, 3.05) is 13.7 Å². The van der Waals surface area contributed by atoms with E-state index in [1.807, 2.05) is 20.8 Å². The van der Waals surface area contributed by atoms with Gasteiger partial charge in [-0.15, -0.1) is 0 Å². The van der Waals surface area contributed by atoms with Gasteiger partial charge in [-0.1, -0.05) is 32.0 Å². The molecule has 0 aliphatic rings. The van der Waals surface area contributed by atoms with Crippen molar-refractivity contribution in [2.45, 2.75) is 45.0 Å². The summed E-state index contributed by atoms with van der Waals surface area (Å²) < 4.78 is 45.0. The van der Waals surface area contributed by atoms with Crippen LogP contribution in [0.3, 0.4) is 0 Å². The number of benzene rings is 1. The second kappa shape index (κ2) is 6.59. The Morgan fingerprint density at radius 3 is 2.25 bits per heavy atom. The van der Waals surface area contributed by atoms with Crippen molar-refractivity contribution >= 4 is 0 Å². The van der Waals surface area contributed by atoms with Crippen LogP contribution in [0, 0.1) is 0 Å². The molecule has 0 aliphatic carbocycles. The van der Waals surface area contributed by atoms with Crippen LogP contribution in [0.2, 0.25) is 0 Å². The highest BCUT2D eigenvalue weighted by Gasteiger charge is 2.40. The average molecular weight is 289 g/mol. The van der Waals surface area contributed by atoms with Crippen molar-refractivity contribution in [3.8, 4) is 0 Å². The molecule has 0 saturated heterocycles. The lowest BCUT2D eigenvalue weighted by molar-refractivity contribution is -0.139. The molecule has 2 atom stereocenters. The van der Waals surface area contributed by atoms with E-state index >= 15 is 0 Å². The SMILES string of the molecule is CCNC(c1ccccc1C(F)(F)F)C(C)(CC)OC. The number of likely N-dealkylation sites (N-methyl/N-ethyl adjacent to an activating group) is 1. The summed E-state index contributed by atoms with van der Waals surface area (Å²) in [5.74, 6) is 0. The summed E-state index contributed by atoms with van der Waals surface area (Å²) in [4.78, 5) is 0. The van der Waals surface area contributed by atoms with E-state index in [0.717, 1.165) is 6.07 Å². The first-order valence-corrected chi connectivity index (χ1v) is 6.74. The predicted octanol–water partition coefficient (Wildman–Crippen LogP) is 4.17. The third-order valence-electron chi connectivity index (χ3n) is 3.76. The van der Waals surface area contributed by atoms with Gasteiger partial charge >= 0.3 is 6.18 Å². The van der Waals surface area contributed by atoms with Crippen LogP contribution in [0.15, 0.2) is 24.3 Å². The minimum atomic E-state index is -4.37. The second-order valence-electron chi connectivity index (χ2n) is 4.95. The number of alkyl halides is 3. The zero-order valence-electron chi connectivity index (χ0n) is 12.3. The minimum Gasteiger partial charge on any atom is -0.377 e. The van der Waals surface area contributed by atoms with E-state index in [4.69, 9.17) is 4.74 Å². The van der Waals surface area contributed by atoms with Crippen LogP contribution in [0.4, 0.5) is 13.2 Å². The number of halogens is 3. The van der Waals surface area contributed by atoms with E-state index in [2.05, 4.69) is 5.32 Å². The number of methoxy groups -OCH3 is 1. The maximum Gasteiger partial charge on any atom is 0.416 e. The van der Waals surface area contributed by atoms with Gasteiger partial charge in [-0.3, -0.25) is 0 Å². The van der Waals surface area contributed by atoms with E-state index in [1.54, 1.807) is 6.07 Å². The van der Waals surface area contributed by atoms with Crippen LogP contribution >= 0.6 is 0 Å². The Morgan fingerprint density at radius 2 is 1.80 bits per heavy atom. The van der Waals surface area contributed by atoms with Gasteiger partial charge in [0, 0.05) is 7.11 Å². The Hall–Kier alpha value is -1.07. The first-order valence-electron chi connectivity index (χ1n) is 6.74. The Morgan fingerprint density at radius 1 is 1.20 bits per heavy atom. The lowest BCUT2D eigenvalue weighted by Gasteiger charge is -2.37. The van der Waals surface area contributed by atoms with Gasteiger partial charge in [0.25, 0.3) is 0 Å². The molecular formula is C15H22F3NO. The molecule has 0 fully saturated rings. The summed E-state index contributed by atoms with van der Waals surface area (Å²) in [7, 11) is 1.53. The van der Waals surface area contributed by atoms with Gasteiger partial charge in [0.15, 0.2) is 0 Å². The standard InChI is InChI=1S/C15H22F3NO/c1-5-14(3,20-4)13(19-6-2)11-9-7-8-10-12(11)15(16,17)18/h7-10,13,19H,5-6H2,1-4H3. The van der Waals surface area contributed by atoms with Crippen molar-refractivity contribution in [1.82, 2.24) is 5.32 Å². The largest absolute Gasteiger partial charge is 0.416 e. The van der Waals surface area contributed by atoms with Crippen LogP contribution < -0.4 is 5.32 Å². The normalized spacial score (nSPS) is 16.8. The first kappa shape index (κ1) is 17.0. The van der Waals surface area contributed by atoms with Crippen molar-refractivity contribution < 1.29 is 17.9 Å². The van der Waals surface area contributed by atoms with Crippen LogP contribution in [-0.4, -0.2) is 19.3 Å². The molecule has 1 N–H and O–H groups in total. The van der Waals surface area contributed by atoms with Gasteiger partial charge in [0.2, 0.25) is 0 Å². The molecule has 0 amide bonds. The van der Waals surface area contributed by atoms with Gasteiger partial charge in [-0.05, 0) is 31.5 Å². The predicted molar refractivity (Wildman–Crippen MR) is 73.6 cm³/mol. The lowest BCUT2D eigenvalue weighted by atomic mass is 9.85. The quantitative estimate of drug-likeness (QED) is 0.848. The summed E-state index contributed by atoms with van der Waals surface area (Å²) in [6.45, 7) is 6.17. The molecule has 0 radical (unpaired) electrons. The fraction of sp³-hybridized carbons (Fsp3) is 0.600. The third kappa shape index (κ3) is 3.52. The Kier molecular flexibility index (Phi) is 5.59. The molecule has 1 rings (SSSR count). The molecule has 0 aliphatic heterocycles. The van der Waals surface area contributed by atoms with E-state index in [0.29, 0.717) is 13.0 Å². The molecule has 20 heavy (non-hydrogen) atoms. The summed E-state index contributed by atoms with van der Waals surface area (Å²) in [5, 5.41) is 3.13. The van der Waals surface area contributed by atoms with Gasteiger partial charge < -0.3 is 10.1 Å². The number of hydrogen-bond donors (Lipinski definition) is 1. The lowest BCUT2D eigenvalue weighted by Crippen LogP contribution is -2.43. The van der Waals surface area contributed by atoms with Crippen LogP contribution in [0.5, 0.6) is 0 Å². The zero-order chi connectivity index (χ0) is 15.4. The minimum absolute atomic E-state index is 0.230. The van der Waals surface area contributed by atoms with E-state index < -0.39 is 23.4 Å². The van der Waals surface area contributed by atoms with Crippen molar-refractivity contribution in [3.05, 3.63) is 35.4 Å². The summed E-state index contributed by atoms with van der Waals surface area (Å²) >= 11 is 0. The Labute approximate surface area is 118 Å². The molecule has 0 saturated carbocycles. The molecule has 1 aromatic rings. The van der Waals surface area contributed by atoms with Gasteiger partial charge in [-0.25, -0.2) is 0 Å². The molecule has 2 nitrogen and oxygen atoms in total. The zero-order valence-corrected chi connectivity index (χ0v) is 12.3. The number of rotatable bonds is 6. The monoisotopic (exact) mass is 289 g/mol. The highest BCUT2D eigenvalue weighted by molar-refractivity contribution is 5.34. The first-order chi connectivity index (χ1) is 9.30. The average Bonchev–Trinajstić information content (AvgIpc) is 2.43. The topological polar surface area (TPSA) is 21.3 Å². The fourth-order valence-electron chi connectivity index (χ4n) is 2.33. The molecular weight excluding hydrogens is 267 g/mol. The van der Waals surface area contributed by atoms with Crippen molar-refractivity contribution in [2.24, 2.45) is 0 Å². The van der Waals surface area contributed by atoms with Crippen molar-refractivity contribution in [1.29, 1.82) is 0 Å². The summed E-state index contributed by atoms with van der Waals surface area (Å²) in [6.07, 6.45) is -3.76. The van der Waals surface area contributed by atoms with Crippen molar-refractivity contribution in [3.63, 3.8) is 0 Å². The number of nitrogens with one attached hydrogen (secondary N) is 1. The van der Waals surface area contributed by atoms with Gasteiger partial charge in [0.1, 0.15) is 0 Å². The van der Waals surface area contributed by atoms with Gasteiger partial charge in [0.05, 0.1) is 17.2 Å². The molecule has 2 unspecified atom stereocenters. The van der Waals surface area contributed by atoms with Crippen LogP contribution in [0.1, 0.15) is 44.4 Å². The van der Waals surface area contributed by atoms with Gasteiger partial charge in [-0.2, -0.15) is 13.2 Å². The highest BCUT2D eigenvalue weighted by Crippen LogP contribution is 2.39. The molecule has 114 valence electrons. The number of ether oxygens (including phenoxy) is 1. The van der Waals surface area contributed by atoms with Crippen LogP contribution in [0.25, 0.3) is 0 Å². The second-order valence-corrected chi connectivity index (χ2v) is 4.95. The molecule has 0 heterocycles. The Bertz CT molecular complexity index is 427. The fourth-order valence-corrected chi connectivity index (χ4v) is 2.33. The highest BCUT2D eigenvalue weighted by atomic mass is 19.4. The number of hydrogen-bond acceptors (Lipinski definition) is 2. The van der Waals surface area contributed by atoms with E-state index in [9.17, 15) is 13.2 Å². The maximum atomic E-state index is 13.2. The molecule has 0 spiro atoms. The summed E-state index contributed by atoms with van der Waals surface area (Å²) in [6, 6.07) is 5.15.